The van der Waals surface area contributed by atoms with Gasteiger partial charge in [0.15, 0.2) is 0 Å². The maximum Gasteiger partial charge on any atom is 0.124 e. The minimum atomic E-state index is -0.0207. The quantitative estimate of drug-likeness (QED) is 0.877. The first kappa shape index (κ1) is 12.6. The van der Waals surface area contributed by atoms with E-state index in [9.17, 15) is 5.11 Å². The van der Waals surface area contributed by atoms with Crippen LogP contribution in [0, 0.1) is 0 Å². The largest absolute Gasteiger partial charge is 0.493 e. The van der Waals surface area contributed by atoms with Gasteiger partial charge in [0.2, 0.25) is 0 Å². The summed E-state index contributed by atoms with van der Waals surface area (Å²) in [5.41, 5.74) is 2.88. The van der Waals surface area contributed by atoms with Crippen molar-refractivity contribution in [2.45, 2.75) is 20.0 Å². The first-order chi connectivity index (χ1) is 8.85. The molecule has 0 aliphatic rings. The first-order valence-electron chi connectivity index (χ1n) is 6.12. The van der Waals surface area contributed by atoms with Crippen molar-refractivity contribution in [1.82, 2.24) is 4.98 Å². The molecule has 2 aromatic rings. The highest BCUT2D eigenvalue weighted by molar-refractivity contribution is 5.64. The standard InChI is InChI=1S/C15H17NO2/c1-2-8-18-15-6-5-12(9-14(15)11-17)13-4-3-7-16-10-13/h3-7,9-10,17H,2,8,11H2,1H3. The SMILES string of the molecule is CCCOc1ccc(-c2cccnc2)cc1CO. The highest BCUT2D eigenvalue weighted by Gasteiger charge is 2.05. The molecule has 0 fully saturated rings. The van der Waals surface area contributed by atoms with Crippen LogP contribution in [-0.2, 0) is 6.61 Å². The van der Waals surface area contributed by atoms with Crippen LogP contribution in [0.3, 0.4) is 0 Å². The van der Waals surface area contributed by atoms with Gasteiger partial charge in [0.1, 0.15) is 5.75 Å². The van der Waals surface area contributed by atoms with E-state index in [-0.39, 0.29) is 6.61 Å². The van der Waals surface area contributed by atoms with E-state index in [0.717, 1.165) is 28.9 Å². The molecule has 0 atom stereocenters. The number of aromatic nitrogens is 1. The lowest BCUT2D eigenvalue weighted by Crippen LogP contribution is -1.99. The molecular formula is C15H17NO2. The van der Waals surface area contributed by atoms with Crippen molar-refractivity contribution in [1.29, 1.82) is 0 Å². The molecule has 18 heavy (non-hydrogen) atoms. The summed E-state index contributed by atoms with van der Waals surface area (Å²) in [4.78, 5) is 4.09. The van der Waals surface area contributed by atoms with Crippen LogP contribution in [0.5, 0.6) is 5.75 Å². The van der Waals surface area contributed by atoms with Crippen molar-refractivity contribution >= 4 is 0 Å². The van der Waals surface area contributed by atoms with Crippen LogP contribution in [0.4, 0.5) is 0 Å². The fourth-order valence-electron chi connectivity index (χ4n) is 1.77. The number of rotatable bonds is 5. The van der Waals surface area contributed by atoms with E-state index in [1.54, 1.807) is 6.20 Å². The van der Waals surface area contributed by atoms with Gasteiger partial charge in [0, 0.05) is 23.5 Å². The lowest BCUT2D eigenvalue weighted by Gasteiger charge is -2.11. The van der Waals surface area contributed by atoms with Crippen LogP contribution >= 0.6 is 0 Å². The van der Waals surface area contributed by atoms with Crippen molar-refractivity contribution in [3.63, 3.8) is 0 Å². The molecule has 0 saturated carbocycles. The second kappa shape index (κ2) is 6.17. The molecule has 94 valence electrons. The summed E-state index contributed by atoms with van der Waals surface area (Å²) < 4.78 is 5.59. The molecule has 0 unspecified atom stereocenters. The minimum absolute atomic E-state index is 0.0207. The Hall–Kier alpha value is -1.87. The topological polar surface area (TPSA) is 42.4 Å². The summed E-state index contributed by atoms with van der Waals surface area (Å²) in [6, 6.07) is 9.73. The Balaban J connectivity index is 2.30. The maximum atomic E-state index is 9.39. The zero-order valence-electron chi connectivity index (χ0n) is 10.5. The summed E-state index contributed by atoms with van der Waals surface area (Å²) in [6.45, 7) is 2.70. The van der Waals surface area contributed by atoms with Crippen molar-refractivity contribution < 1.29 is 9.84 Å². The van der Waals surface area contributed by atoms with Gasteiger partial charge in [-0.3, -0.25) is 4.98 Å². The molecule has 0 radical (unpaired) electrons. The molecule has 1 aromatic carbocycles. The molecule has 0 spiro atoms. The lowest BCUT2D eigenvalue weighted by atomic mass is 10.0. The van der Waals surface area contributed by atoms with E-state index >= 15 is 0 Å². The average molecular weight is 243 g/mol. The Labute approximate surface area is 107 Å². The van der Waals surface area contributed by atoms with Crippen LogP contribution in [-0.4, -0.2) is 16.7 Å². The molecule has 0 saturated heterocycles. The average Bonchev–Trinajstić information content (AvgIpc) is 2.46. The van der Waals surface area contributed by atoms with Gasteiger partial charge in [-0.05, 0) is 30.2 Å². The van der Waals surface area contributed by atoms with Crippen molar-refractivity contribution in [3.05, 3.63) is 48.3 Å². The molecule has 0 bridgehead atoms. The predicted octanol–water partition coefficient (Wildman–Crippen LogP) is 3.03. The Morgan fingerprint density at radius 3 is 2.78 bits per heavy atom. The summed E-state index contributed by atoms with van der Waals surface area (Å²) in [7, 11) is 0. The van der Waals surface area contributed by atoms with Crippen LogP contribution in [0.2, 0.25) is 0 Å². The third-order valence-electron chi connectivity index (χ3n) is 2.69. The highest BCUT2D eigenvalue weighted by atomic mass is 16.5. The van der Waals surface area contributed by atoms with Gasteiger partial charge < -0.3 is 9.84 Å². The second-order valence-corrected chi connectivity index (χ2v) is 4.07. The molecule has 1 aromatic heterocycles. The molecule has 0 aliphatic carbocycles. The Kier molecular flexibility index (Phi) is 4.31. The number of aliphatic hydroxyl groups is 1. The zero-order chi connectivity index (χ0) is 12.8. The van der Waals surface area contributed by atoms with Crippen LogP contribution in [0.25, 0.3) is 11.1 Å². The van der Waals surface area contributed by atoms with Crippen LogP contribution in [0.1, 0.15) is 18.9 Å². The normalized spacial score (nSPS) is 10.3. The Morgan fingerprint density at radius 2 is 2.11 bits per heavy atom. The van der Waals surface area contributed by atoms with E-state index in [1.165, 1.54) is 0 Å². The van der Waals surface area contributed by atoms with Gasteiger partial charge in [0.05, 0.1) is 13.2 Å². The van der Waals surface area contributed by atoms with Crippen molar-refractivity contribution in [3.8, 4) is 16.9 Å². The molecular weight excluding hydrogens is 226 g/mol. The maximum absolute atomic E-state index is 9.39. The summed E-state index contributed by atoms with van der Waals surface area (Å²) in [5, 5.41) is 9.39. The van der Waals surface area contributed by atoms with Gasteiger partial charge in [-0.1, -0.05) is 19.1 Å². The van der Waals surface area contributed by atoms with Crippen molar-refractivity contribution in [2.24, 2.45) is 0 Å². The molecule has 0 aliphatic heterocycles. The molecule has 3 nitrogen and oxygen atoms in total. The molecule has 0 amide bonds. The van der Waals surface area contributed by atoms with E-state index in [1.807, 2.05) is 36.5 Å². The van der Waals surface area contributed by atoms with Gasteiger partial charge in [0.25, 0.3) is 0 Å². The van der Waals surface area contributed by atoms with Gasteiger partial charge in [-0.25, -0.2) is 0 Å². The third-order valence-corrected chi connectivity index (χ3v) is 2.69. The van der Waals surface area contributed by atoms with Gasteiger partial charge >= 0.3 is 0 Å². The van der Waals surface area contributed by atoms with Gasteiger partial charge in [-0.15, -0.1) is 0 Å². The monoisotopic (exact) mass is 243 g/mol. The van der Waals surface area contributed by atoms with Crippen LogP contribution < -0.4 is 4.74 Å². The number of pyridine rings is 1. The molecule has 3 heteroatoms. The summed E-state index contributed by atoms with van der Waals surface area (Å²) >= 11 is 0. The zero-order valence-corrected chi connectivity index (χ0v) is 10.5. The highest BCUT2D eigenvalue weighted by Crippen LogP contribution is 2.26. The lowest BCUT2D eigenvalue weighted by molar-refractivity contribution is 0.263. The number of aliphatic hydroxyl groups excluding tert-OH is 1. The third kappa shape index (κ3) is 2.87. The summed E-state index contributed by atoms with van der Waals surface area (Å²) in [6.07, 6.45) is 4.51. The number of ether oxygens (including phenoxy) is 1. The Morgan fingerprint density at radius 1 is 1.22 bits per heavy atom. The minimum Gasteiger partial charge on any atom is -0.493 e. The van der Waals surface area contributed by atoms with Gasteiger partial charge in [-0.2, -0.15) is 0 Å². The predicted molar refractivity (Wildman–Crippen MR) is 71.4 cm³/mol. The van der Waals surface area contributed by atoms with E-state index in [4.69, 9.17) is 4.74 Å². The second-order valence-electron chi connectivity index (χ2n) is 4.07. The fourth-order valence-corrected chi connectivity index (χ4v) is 1.77. The number of nitrogens with zero attached hydrogens (tertiary/aromatic N) is 1. The van der Waals surface area contributed by atoms with E-state index in [2.05, 4.69) is 11.9 Å². The van der Waals surface area contributed by atoms with E-state index in [0.29, 0.717) is 6.61 Å². The molecule has 2 rings (SSSR count). The smallest absolute Gasteiger partial charge is 0.124 e. The van der Waals surface area contributed by atoms with Crippen LogP contribution in [0.15, 0.2) is 42.7 Å². The number of hydrogen-bond acceptors (Lipinski definition) is 3. The Bertz CT molecular complexity index is 497. The fraction of sp³-hybridized carbons (Fsp3) is 0.267. The number of benzene rings is 1. The summed E-state index contributed by atoms with van der Waals surface area (Å²) in [5.74, 6) is 0.756. The van der Waals surface area contributed by atoms with E-state index < -0.39 is 0 Å². The first-order valence-corrected chi connectivity index (χ1v) is 6.12. The molecule has 1 heterocycles. The number of hydrogen-bond donors (Lipinski definition) is 1. The molecule has 1 N–H and O–H groups in total. The van der Waals surface area contributed by atoms with Crippen molar-refractivity contribution in [2.75, 3.05) is 6.61 Å².